The smallest absolute Gasteiger partial charge is 0.456 e. The predicted molar refractivity (Wildman–Crippen MR) is 298 cm³/mol. The van der Waals surface area contributed by atoms with Crippen LogP contribution in [0.1, 0.15) is 117 Å². The second kappa shape index (κ2) is 39.2. The van der Waals surface area contributed by atoms with E-state index in [4.69, 9.17) is 71.2 Å². The number of nitrogens with zero attached hydrogens (tertiary/aromatic N) is 2. The minimum absolute atomic E-state index is 0.0177. The van der Waals surface area contributed by atoms with Crippen LogP contribution in [0.3, 0.4) is 0 Å². The molecule has 498 valence electrons. The van der Waals surface area contributed by atoms with Crippen molar-refractivity contribution in [3.63, 3.8) is 0 Å². The van der Waals surface area contributed by atoms with Crippen LogP contribution in [0.4, 0.5) is 0 Å². The maximum atomic E-state index is 13.9. The lowest BCUT2D eigenvalue weighted by Crippen LogP contribution is -2.66. The molecule has 3 fully saturated rings. The van der Waals surface area contributed by atoms with Crippen molar-refractivity contribution in [3.05, 3.63) is 0 Å². The second-order valence-electron chi connectivity index (χ2n) is 19.3. The molecule has 7 N–H and O–H groups in total. The highest BCUT2D eigenvalue weighted by Gasteiger charge is 2.56. The fraction of sp³-hybridized carbons (Fsp3) is 0.824. The van der Waals surface area contributed by atoms with Gasteiger partial charge in [-0.3, -0.25) is 61.2 Å². The van der Waals surface area contributed by atoms with Crippen LogP contribution in [0.2, 0.25) is 0 Å². The summed E-state index contributed by atoms with van der Waals surface area (Å²) in [5.41, 5.74) is 5.59. The summed E-state index contributed by atoms with van der Waals surface area (Å²) in [6, 6.07) is -4.88. The molecule has 3 aliphatic rings. The molecule has 0 aromatic rings. The summed E-state index contributed by atoms with van der Waals surface area (Å²) in [5, 5.41) is 7.15. The van der Waals surface area contributed by atoms with Crippen LogP contribution in [0.5, 0.6) is 0 Å². The minimum Gasteiger partial charge on any atom is -0.456 e. The van der Waals surface area contributed by atoms with Crippen LogP contribution >= 0.6 is 15.6 Å². The van der Waals surface area contributed by atoms with Crippen LogP contribution < -0.4 is 21.7 Å². The molecule has 3 heterocycles. The molecule has 35 heteroatoms. The monoisotopic (exact) mass is 1280 g/mol. The number of amides is 3. The van der Waals surface area contributed by atoms with Gasteiger partial charge in [-0.25, -0.2) is 9.13 Å². The molecule has 3 saturated heterocycles. The van der Waals surface area contributed by atoms with Crippen LogP contribution in [0.25, 0.3) is 0 Å². The first-order valence-electron chi connectivity index (χ1n) is 28.1. The summed E-state index contributed by atoms with van der Waals surface area (Å²) in [5.74, 6) is -8.21. The average Bonchev–Trinajstić information content (AvgIpc) is 0.967. The second-order valence-corrected chi connectivity index (χ2v) is 22.1. The van der Waals surface area contributed by atoms with Crippen LogP contribution in [0, 0.1) is 0 Å². The Morgan fingerprint density at radius 1 is 0.430 bits per heavy atom. The zero-order valence-corrected chi connectivity index (χ0v) is 53.7. The number of ether oxygens (including phenoxy) is 10. The van der Waals surface area contributed by atoms with E-state index in [-0.39, 0.29) is 19.6 Å². The quantitative estimate of drug-likeness (QED) is 0.0339. The van der Waals surface area contributed by atoms with Gasteiger partial charge in [0.25, 0.3) is 0 Å². The Morgan fingerprint density at radius 3 is 0.930 bits per heavy atom. The molecule has 0 spiro atoms. The minimum atomic E-state index is -5.63. The summed E-state index contributed by atoms with van der Waals surface area (Å²) in [6.45, 7) is 28.1. The largest absolute Gasteiger partial charge is 0.474 e. The van der Waals surface area contributed by atoms with Gasteiger partial charge >= 0.3 is 51.5 Å². The fourth-order valence-corrected chi connectivity index (χ4v) is 10.7. The standard InChI is InChI=1S/C39H62N4O27P2.2C6H15N/c1-11-25-31(60-19(5)47)35(64-23(9)51)29(42-17(3)45)38(66-25)69-71(53,54)59-15-27-33(62-21(7)49)36(65-24(10)52)30(43-18(4)46)39(68-27)70-72(55,56)58-14-26-32(61-20(6)48)34(63-22(8)50)28(41-16(2)44)37(67-26)57-13-12-40;2*1-4-7(5-2)6-3/h25-39H,11-15,40H2,1-10H3,(H,41,44)(H,42,45)(H,43,46)(H,53,54)(H,55,56);2*4-6H2,1-3H3/t25?,26?,27?,28?,29?,30?,31-,32-,33-,34-,35-,36-,37+,38-,39-;;/m1../s1. The van der Waals surface area contributed by atoms with E-state index < -0.39 is 174 Å². The third-order valence-electron chi connectivity index (χ3n) is 12.6. The number of carbonyl (C=O) groups excluding carboxylic acids is 9. The number of rotatable bonds is 29. The molecular formula is C51H92N6O27P2. The van der Waals surface area contributed by atoms with Gasteiger partial charge < -0.3 is 88.6 Å². The highest BCUT2D eigenvalue weighted by molar-refractivity contribution is 7.47. The SMILES string of the molecule is CCC1O[C@H](OP(=O)(O)OCC2O[C@H](OP(=O)(O)OCC3O[C@H](OCCN)C(NC(C)=O)[C@@H](OC(C)=O)[C@@H]3OC(C)=O)C(NC(C)=O)[C@@H](OC(C)=O)[C@@H]2OC(C)=O)C(NC(C)=O)[C@@H](OC(C)=O)[C@@H]1OC(C)=O.CCN(CC)CC.CCN(CC)CC. The first-order valence-corrected chi connectivity index (χ1v) is 31.0. The third kappa shape index (κ3) is 28.1. The van der Waals surface area contributed by atoms with Crippen molar-refractivity contribution in [2.75, 3.05) is 65.6 Å². The molecule has 33 nitrogen and oxygen atoms in total. The third-order valence-corrected chi connectivity index (χ3v) is 14.5. The Labute approximate surface area is 501 Å². The highest BCUT2D eigenvalue weighted by atomic mass is 31.2. The summed E-state index contributed by atoms with van der Waals surface area (Å²) in [4.78, 5) is 138. The first kappa shape index (κ1) is 79.2. The van der Waals surface area contributed by atoms with E-state index >= 15 is 0 Å². The molecule has 0 aliphatic carbocycles. The van der Waals surface area contributed by atoms with E-state index in [0.717, 1.165) is 62.3 Å². The van der Waals surface area contributed by atoms with E-state index in [9.17, 15) is 62.1 Å². The van der Waals surface area contributed by atoms with E-state index in [2.05, 4.69) is 67.3 Å². The van der Waals surface area contributed by atoms with E-state index in [0.29, 0.717) is 0 Å². The maximum Gasteiger partial charge on any atom is 0.474 e. The number of hydrogen-bond donors (Lipinski definition) is 6. The van der Waals surface area contributed by atoms with Gasteiger partial charge in [-0.1, -0.05) is 48.5 Å². The van der Waals surface area contributed by atoms with Gasteiger partial charge in [-0.15, -0.1) is 0 Å². The van der Waals surface area contributed by atoms with Gasteiger partial charge in [0, 0.05) is 68.9 Å². The van der Waals surface area contributed by atoms with Crippen LogP contribution in [-0.2, 0) is 118 Å². The molecule has 3 aliphatic heterocycles. The van der Waals surface area contributed by atoms with Gasteiger partial charge in [0.15, 0.2) is 55.5 Å². The van der Waals surface area contributed by atoms with Gasteiger partial charge in [-0.2, -0.15) is 0 Å². The average molecular weight is 1280 g/mol. The highest BCUT2D eigenvalue weighted by Crippen LogP contribution is 2.50. The zero-order chi connectivity index (χ0) is 65.8. The Balaban J connectivity index is 0.00000234. The van der Waals surface area contributed by atoms with Crippen molar-refractivity contribution in [1.82, 2.24) is 25.8 Å². The zero-order valence-electron chi connectivity index (χ0n) is 51.9. The number of phosphoric ester groups is 2. The summed E-state index contributed by atoms with van der Waals surface area (Å²) in [7, 11) is -11.2. The van der Waals surface area contributed by atoms with Crippen molar-refractivity contribution in [3.8, 4) is 0 Å². The number of carbonyl (C=O) groups is 9. The molecule has 86 heavy (non-hydrogen) atoms. The van der Waals surface area contributed by atoms with Crippen molar-refractivity contribution >= 4 is 69.2 Å². The molecule has 0 aromatic heterocycles. The summed E-state index contributed by atoms with van der Waals surface area (Å²) in [6.07, 6.45) is -20.7. The Hall–Kier alpha value is -4.83. The Bertz CT molecular complexity index is 2260. The number of nitrogens with two attached hydrogens (primary N) is 1. The van der Waals surface area contributed by atoms with Crippen molar-refractivity contribution < 1.29 is 128 Å². The molecule has 17 atom stereocenters. The van der Waals surface area contributed by atoms with E-state index in [1.165, 1.54) is 39.3 Å². The lowest BCUT2D eigenvalue weighted by molar-refractivity contribution is -0.277. The van der Waals surface area contributed by atoms with Crippen LogP contribution in [-0.4, -0.2) is 231 Å². The first-order chi connectivity index (χ1) is 40.2. The van der Waals surface area contributed by atoms with Gasteiger partial charge in [0.1, 0.15) is 36.4 Å². The molecule has 0 aromatic carbocycles. The molecule has 3 amide bonds. The number of nitrogens with one attached hydrogen (secondary N) is 3. The fourth-order valence-electron chi connectivity index (χ4n) is 8.97. The number of esters is 6. The lowest BCUT2D eigenvalue weighted by atomic mass is 9.94. The molecule has 0 saturated carbocycles. The Kier molecular flexibility index (Phi) is 36.1. The lowest BCUT2D eigenvalue weighted by Gasteiger charge is -2.46. The maximum absolute atomic E-state index is 13.9. The summed E-state index contributed by atoms with van der Waals surface area (Å²) < 4.78 is 104. The van der Waals surface area contributed by atoms with Crippen molar-refractivity contribution in [2.45, 2.75) is 209 Å². The number of phosphoric acid groups is 2. The van der Waals surface area contributed by atoms with Crippen molar-refractivity contribution in [1.29, 1.82) is 0 Å². The van der Waals surface area contributed by atoms with Crippen molar-refractivity contribution in [2.24, 2.45) is 5.73 Å². The van der Waals surface area contributed by atoms with Gasteiger partial charge in [-0.05, 0) is 45.7 Å². The molecule has 3 rings (SSSR count). The van der Waals surface area contributed by atoms with E-state index in [1.54, 1.807) is 6.92 Å². The number of hydrogen-bond acceptors (Lipinski definition) is 28. The molecule has 0 radical (unpaired) electrons. The normalized spacial score (nSPS) is 28.4. The van der Waals surface area contributed by atoms with E-state index in [1.807, 2.05) is 0 Å². The Morgan fingerprint density at radius 2 is 0.686 bits per heavy atom. The topological polar surface area (TPSA) is 426 Å². The predicted octanol–water partition coefficient (Wildman–Crippen LogP) is 0.614. The van der Waals surface area contributed by atoms with Crippen LogP contribution in [0.15, 0.2) is 0 Å². The van der Waals surface area contributed by atoms with Gasteiger partial charge in [0.2, 0.25) is 17.7 Å². The molecule has 0 bridgehead atoms. The van der Waals surface area contributed by atoms with Gasteiger partial charge in [0.05, 0.1) is 19.8 Å². The molecular weight excluding hydrogens is 1190 g/mol. The summed E-state index contributed by atoms with van der Waals surface area (Å²) >= 11 is 0. The molecule has 8 unspecified atom stereocenters.